The number of piperazine rings is 1. The minimum atomic E-state index is 0.836. The first kappa shape index (κ1) is 14.0. The first-order valence-corrected chi connectivity index (χ1v) is 7.95. The molecule has 5 nitrogen and oxygen atoms in total. The van der Waals surface area contributed by atoms with Crippen molar-refractivity contribution in [2.75, 3.05) is 26.2 Å². The quantitative estimate of drug-likeness (QED) is 0.940. The number of aromatic nitrogens is 3. The summed E-state index contributed by atoms with van der Waals surface area (Å²) in [7, 11) is 0. The van der Waals surface area contributed by atoms with E-state index in [1.165, 1.54) is 4.88 Å². The second kappa shape index (κ2) is 6.22. The summed E-state index contributed by atoms with van der Waals surface area (Å²) >= 11 is 7.64. The van der Waals surface area contributed by atoms with E-state index in [9.17, 15) is 0 Å². The minimum Gasteiger partial charge on any atom is -0.296 e. The van der Waals surface area contributed by atoms with Crippen LogP contribution >= 0.6 is 22.9 Å². The molecule has 7 heteroatoms. The van der Waals surface area contributed by atoms with E-state index in [1.807, 2.05) is 13.0 Å². The second-order valence-electron chi connectivity index (χ2n) is 5.10. The highest BCUT2D eigenvalue weighted by Crippen LogP contribution is 2.23. The Morgan fingerprint density at radius 2 is 1.90 bits per heavy atom. The number of halogens is 1. The average Bonchev–Trinajstić information content (AvgIpc) is 3.01. The van der Waals surface area contributed by atoms with Crippen LogP contribution in [-0.4, -0.2) is 51.2 Å². The highest BCUT2D eigenvalue weighted by atomic mass is 35.5. The van der Waals surface area contributed by atoms with E-state index in [2.05, 4.69) is 31.0 Å². The summed E-state index contributed by atoms with van der Waals surface area (Å²) in [6, 6.07) is 4.10. The number of nitrogens with zero attached hydrogens (tertiary/aromatic N) is 4. The Bertz CT molecular complexity index is 508. The smallest absolute Gasteiger partial charge is 0.164 e. The van der Waals surface area contributed by atoms with E-state index in [4.69, 9.17) is 11.6 Å². The lowest BCUT2D eigenvalue weighted by Crippen LogP contribution is -2.45. The lowest BCUT2D eigenvalue weighted by molar-refractivity contribution is 0.121. The van der Waals surface area contributed by atoms with E-state index < -0.39 is 0 Å². The lowest BCUT2D eigenvalue weighted by Gasteiger charge is -2.33. The topological polar surface area (TPSA) is 48.1 Å². The van der Waals surface area contributed by atoms with Crippen LogP contribution in [0.3, 0.4) is 0 Å². The summed E-state index contributed by atoms with van der Waals surface area (Å²) in [6.45, 7) is 8.06. The van der Waals surface area contributed by atoms with Crippen LogP contribution in [0.15, 0.2) is 12.1 Å². The Hall–Kier alpha value is -0.950. The van der Waals surface area contributed by atoms with Gasteiger partial charge in [0.25, 0.3) is 0 Å². The SMILES string of the molecule is Cc1nc(CN2CCN(Cc3ccc(Cl)s3)CC2)n[nH]1. The summed E-state index contributed by atoms with van der Waals surface area (Å²) in [5.41, 5.74) is 0. The number of thiophene rings is 1. The summed E-state index contributed by atoms with van der Waals surface area (Å²) in [5.74, 6) is 1.77. The molecule has 0 amide bonds. The monoisotopic (exact) mass is 311 g/mol. The van der Waals surface area contributed by atoms with Gasteiger partial charge in [0, 0.05) is 37.6 Å². The molecule has 108 valence electrons. The van der Waals surface area contributed by atoms with Crippen molar-refractivity contribution >= 4 is 22.9 Å². The molecule has 0 atom stereocenters. The number of hydrogen-bond donors (Lipinski definition) is 1. The average molecular weight is 312 g/mol. The maximum atomic E-state index is 5.97. The van der Waals surface area contributed by atoms with Gasteiger partial charge < -0.3 is 0 Å². The Morgan fingerprint density at radius 1 is 1.20 bits per heavy atom. The van der Waals surface area contributed by atoms with Crippen LogP contribution in [0.25, 0.3) is 0 Å². The zero-order valence-corrected chi connectivity index (χ0v) is 13.0. The zero-order chi connectivity index (χ0) is 13.9. The molecule has 0 aliphatic carbocycles. The maximum Gasteiger partial charge on any atom is 0.164 e. The predicted molar refractivity (Wildman–Crippen MR) is 81.0 cm³/mol. The third-order valence-corrected chi connectivity index (χ3v) is 4.70. The molecular weight excluding hydrogens is 294 g/mol. The van der Waals surface area contributed by atoms with Gasteiger partial charge in [-0.2, -0.15) is 5.10 Å². The van der Waals surface area contributed by atoms with Crippen LogP contribution < -0.4 is 0 Å². The molecule has 0 aromatic carbocycles. The van der Waals surface area contributed by atoms with Crippen molar-refractivity contribution in [2.24, 2.45) is 0 Å². The van der Waals surface area contributed by atoms with Gasteiger partial charge in [-0.05, 0) is 19.1 Å². The Morgan fingerprint density at radius 3 is 2.45 bits per heavy atom. The number of aryl methyl sites for hydroxylation is 1. The van der Waals surface area contributed by atoms with Crippen molar-refractivity contribution < 1.29 is 0 Å². The number of nitrogens with one attached hydrogen (secondary N) is 1. The molecule has 1 fully saturated rings. The standard InChI is InChI=1S/C13H18ClN5S/c1-10-15-13(17-16-10)9-19-6-4-18(5-7-19)8-11-2-3-12(14)20-11/h2-3H,4-9H2,1H3,(H,15,16,17). The van der Waals surface area contributed by atoms with Crippen molar-refractivity contribution in [3.63, 3.8) is 0 Å². The predicted octanol–water partition coefficient (Wildman–Crippen LogP) is 2.15. The third-order valence-electron chi connectivity index (χ3n) is 3.48. The molecule has 0 saturated carbocycles. The van der Waals surface area contributed by atoms with E-state index >= 15 is 0 Å². The van der Waals surface area contributed by atoms with Crippen molar-refractivity contribution in [1.29, 1.82) is 0 Å². The van der Waals surface area contributed by atoms with Gasteiger partial charge in [-0.3, -0.25) is 14.9 Å². The van der Waals surface area contributed by atoms with Crippen LogP contribution in [0.4, 0.5) is 0 Å². The molecule has 20 heavy (non-hydrogen) atoms. The summed E-state index contributed by atoms with van der Waals surface area (Å²) < 4.78 is 0.874. The fraction of sp³-hybridized carbons (Fsp3) is 0.538. The first-order chi connectivity index (χ1) is 9.69. The van der Waals surface area contributed by atoms with Crippen molar-refractivity contribution in [1.82, 2.24) is 25.0 Å². The highest BCUT2D eigenvalue weighted by Gasteiger charge is 2.18. The summed E-state index contributed by atoms with van der Waals surface area (Å²) in [5, 5.41) is 7.09. The Kier molecular flexibility index (Phi) is 4.35. The number of H-pyrrole nitrogens is 1. The molecule has 3 heterocycles. The van der Waals surface area contributed by atoms with Gasteiger partial charge in [0.05, 0.1) is 10.9 Å². The maximum absolute atomic E-state index is 5.97. The van der Waals surface area contributed by atoms with E-state index in [1.54, 1.807) is 11.3 Å². The van der Waals surface area contributed by atoms with Gasteiger partial charge in [-0.15, -0.1) is 11.3 Å². The van der Waals surface area contributed by atoms with Gasteiger partial charge in [0.2, 0.25) is 0 Å². The van der Waals surface area contributed by atoms with Crippen LogP contribution in [0.5, 0.6) is 0 Å². The van der Waals surface area contributed by atoms with Gasteiger partial charge in [0.1, 0.15) is 5.82 Å². The van der Waals surface area contributed by atoms with Gasteiger partial charge >= 0.3 is 0 Å². The van der Waals surface area contributed by atoms with Crippen LogP contribution in [0.2, 0.25) is 4.34 Å². The molecule has 0 radical (unpaired) electrons. The fourth-order valence-electron chi connectivity index (χ4n) is 2.42. The molecule has 1 aliphatic heterocycles. The van der Waals surface area contributed by atoms with Gasteiger partial charge in [-0.25, -0.2) is 4.98 Å². The number of hydrogen-bond acceptors (Lipinski definition) is 5. The molecule has 0 bridgehead atoms. The number of rotatable bonds is 4. The molecule has 1 N–H and O–H groups in total. The largest absolute Gasteiger partial charge is 0.296 e. The molecule has 0 spiro atoms. The summed E-state index contributed by atoms with van der Waals surface area (Å²) in [4.78, 5) is 10.6. The highest BCUT2D eigenvalue weighted by molar-refractivity contribution is 7.16. The first-order valence-electron chi connectivity index (χ1n) is 6.76. The molecule has 1 aliphatic rings. The fourth-order valence-corrected chi connectivity index (χ4v) is 3.55. The Balaban J connectivity index is 1.47. The molecule has 3 rings (SSSR count). The molecular formula is C13H18ClN5S. The van der Waals surface area contributed by atoms with Gasteiger partial charge in [0.15, 0.2) is 5.82 Å². The normalized spacial score (nSPS) is 17.7. The van der Waals surface area contributed by atoms with Crippen LogP contribution in [0.1, 0.15) is 16.5 Å². The van der Waals surface area contributed by atoms with E-state index in [-0.39, 0.29) is 0 Å². The molecule has 2 aromatic rings. The lowest BCUT2D eigenvalue weighted by atomic mass is 10.3. The van der Waals surface area contributed by atoms with E-state index in [0.29, 0.717) is 0 Å². The van der Waals surface area contributed by atoms with Crippen LogP contribution in [-0.2, 0) is 13.1 Å². The van der Waals surface area contributed by atoms with Crippen molar-refractivity contribution in [3.05, 3.63) is 33.0 Å². The van der Waals surface area contributed by atoms with Crippen LogP contribution in [0, 0.1) is 6.92 Å². The minimum absolute atomic E-state index is 0.836. The summed E-state index contributed by atoms with van der Waals surface area (Å²) in [6.07, 6.45) is 0. The second-order valence-corrected chi connectivity index (χ2v) is 6.89. The third kappa shape index (κ3) is 3.58. The molecule has 2 aromatic heterocycles. The Labute approximate surface area is 127 Å². The molecule has 1 saturated heterocycles. The number of aromatic amines is 1. The zero-order valence-electron chi connectivity index (χ0n) is 11.5. The van der Waals surface area contributed by atoms with Gasteiger partial charge in [-0.1, -0.05) is 11.6 Å². The van der Waals surface area contributed by atoms with Crippen molar-refractivity contribution in [3.8, 4) is 0 Å². The van der Waals surface area contributed by atoms with E-state index in [0.717, 1.165) is 55.3 Å². The van der Waals surface area contributed by atoms with Crippen molar-refractivity contribution in [2.45, 2.75) is 20.0 Å². The molecule has 0 unspecified atom stereocenters.